The van der Waals surface area contributed by atoms with Crippen LogP contribution >= 0.6 is 23.8 Å². The topological polar surface area (TPSA) is 62.2 Å². The second-order valence-electron chi connectivity index (χ2n) is 8.69. The van der Waals surface area contributed by atoms with E-state index in [1.807, 2.05) is 50.2 Å². The molecule has 0 unspecified atom stereocenters. The number of hydrogen-bond acceptors (Lipinski definition) is 3. The molecule has 1 saturated heterocycles. The molecule has 1 aliphatic heterocycles. The van der Waals surface area contributed by atoms with E-state index in [9.17, 15) is 4.79 Å². The molecule has 0 saturated carbocycles. The second-order valence-corrected chi connectivity index (χ2v) is 9.48. The summed E-state index contributed by atoms with van der Waals surface area (Å²) < 4.78 is 2.18. The molecular weight excluding hydrogens is 454 g/mol. The van der Waals surface area contributed by atoms with Crippen molar-refractivity contribution >= 4 is 46.2 Å². The number of benzene rings is 1. The molecule has 8 heteroatoms. The Bertz CT molecular complexity index is 1210. The number of aromatic nitrogens is 2. The fourth-order valence-electron chi connectivity index (χ4n) is 4.17. The first-order chi connectivity index (χ1) is 15.7. The van der Waals surface area contributed by atoms with Gasteiger partial charge in [-0.2, -0.15) is 0 Å². The zero-order valence-electron chi connectivity index (χ0n) is 19.4. The van der Waals surface area contributed by atoms with Gasteiger partial charge in [-0.15, -0.1) is 0 Å². The van der Waals surface area contributed by atoms with Crippen molar-refractivity contribution in [3.05, 3.63) is 76.3 Å². The first kappa shape index (κ1) is 23.3. The quantitative estimate of drug-likeness (QED) is 0.473. The summed E-state index contributed by atoms with van der Waals surface area (Å²) in [5, 5.41) is 7.43. The van der Waals surface area contributed by atoms with Crippen LogP contribution < -0.4 is 15.5 Å². The van der Waals surface area contributed by atoms with E-state index in [0.717, 1.165) is 11.4 Å². The number of nitrogens with one attached hydrogen (secondary N) is 2. The average Bonchev–Trinajstić information content (AvgIpc) is 3.26. The maximum Gasteiger partial charge on any atom is 0.226 e. The highest BCUT2D eigenvalue weighted by atomic mass is 35.5. The molecule has 33 heavy (non-hydrogen) atoms. The molecule has 0 spiro atoms. The van der Waals surface area contributed by atoms with Gasteiger partial charge >= 0.3 is 0 Å². The lowest BCUT2D eigenvalue weighted by molar-refractivity contribution is -0.118. The Hall–Kier alpha value is -2.90. The average molecular weight is 482 g/mol. The smallest absolute Gasteiger partial charge is 0.226 e. The van der Waals surface area contributed by atoms with Gasteiger partial charge in [-0.1, -0.05) is 31.5 Å². The summed E-state index contributed by atoms with van der Waals surface area (Å²) in [5.74, 6) is -0.213. The Balaban J connectivity index is 1.79. The van der Waals surface area contributed by atoms with Crippen LogP contribution in [0.15, 0.2) is 48.7 Å². The number of pyridine rings is 1. The fraction of sp³-hybridized carbons (Fsp3) is 0.320. The van der Waals surface area contributed by atoms with E-state index in [4.69, 9.17) is 23.8 Å². The van der Waals surface area contributed by atoms with Crippen molar-refractivity contribution in [1.29, 1.82) is 0 Å². The zero-order valence-corrected chi connectivity index (χ0v) is 21.0. The van der Waals surface area contributed by atoms with E-state index in [2.05, 4.69) is 52.0 Å². The molecule has 0 bridgehead atoms. The van der Waals surface area contributed by atoms with Gasteiger partial charge in [-0.3, -0.25) is 9.78 Å². The first-order valence-electron chi connectivity index (χ1n) is 10.9. The Morgan fingerprint density at radius 2 is 1.97 bits per heavy atom. The van der Waals surface area contributed by atoms with E-state index in [-0.39, 0.29) is 23.9 Å². The third-order valence-electron chi connectivity index (χ3n) is 6.24. The molecule has 172 valence electrons. The van der Waals surface area contributed by atoms with Crippen molar-refractivity contribution in [3.8, 4) is 0 Å². The lowest BCUT2D eigenvalue weighted by Crippen LogP contribution is -2.29. The minimum absolute atomic E-state index is 0.0773. The Labute approximate surface area is 205 Å². The van der Waals surface area contributed by atoms with E-state index >= 15 is 0 Å². The largest absolute Gasteiger partial charge is 0.352 e. The van der Waals surface area contributed by atoms with Crippen molar-refractivity contribution in [2.24, 2.45) is 13.0 Å². The molecule has 0 aliphatic carbocycles. The van der Waals surface area contributed by atoms with Gasteiger partial charge < -0.3 is 20.1 Å². The number of thiocarbonyl (C=S) groups is 1. The SMILES string of the molecule is Cc1cc([C@@H]2[C@@H](c3ccccn3)NC(=S)N2c2ccc(NC(=O)C(C)C)c(Cl)c2)c(C)n1C. The Kier molecular flexibility index (Phi) is 6.45. The van der Waals surface area contributed by atoms with Gasteiger partial charge in [0.25, 0.3) is 0 Å². The van der Waals surface area contributed by atoms with E-state index in [0.29, 0.717) is 15.8 Å². The van der Waals surface area contributed by atoms with E-state index in [1.54, 1.807) is 6.20 Å². The fourth-order valence-corrected chi connectivity index (χ4v) is 4.73. The summed E-state index contributed by atoms with van der Waals surface area (Å²) in [5.41, 5.74) is 5.87. The number of halogens is 1. The molecule has 3 heterocycles. The van der Waals surface area contributed by atoms with Crippen LogP contribution in [0.2, 0.25) is 5.02 Å². The monoisotopic (exact) mass is 481 g/mol. The van der Waals surface area contributed by atoms with Crippen molar-refractivity contribution < 1.29 is 4.79 Å². The molecule has 3 aromatic rings. The maximum absolute atomic E-state index is 12.1. The van der Waals surface area contributed by atoms with Crippen LogP contribution in [0, 0.1) is 19.8 Å². The van der Waals surface area contributed by atoms with Gasteiger partial charge in [0, 0.05) is 36.2 Å². The highest BCUT2D eigenvalue weighted by Gasteiger charge is 2.42. The minimum Gasteiger partial charge on any atom is -0.352 e. The number of rotatable bonds is 5. The molecule has 0 radical (unpaired) electrons. The molecule has 6 nitrogen and oxygen atoms in total. The van der Waals surface area contributed by atoms with Crippen LogP contribution in [-0.4, -0.2) is 20.6 Å². The number of carbonyl (C=O) groups is 1. The Morgan fingerprint density at radius 3 is 2.55 bits per heavy atom. The zero-order chi connectivity index (χ0) is 23.9. The standard InChI is InChI=1S/C25H28ClN5OS/c1-14(2)24(32)28-20-10-9-17(13-19(20)26)31-23(18-12-15(3)30(5)16(18)4)22(29-25(31)33)21-8-6-7-11-27-21/h6-14,22-23H,1-5H3,(H,28,32)(H,29,33)/t22-,23-/m1/s1. The molecule has 1 amide bonds. The molecule has 2 N–H and O–H groups in total. The van der Waals surface area contributed by atoms with Crippen LogP contribution in [0.4, 0.5) is 11.4 Å². The van der Waals surface area contributed by atoms with Crippen LogP contribution in [0.1, 0.15) is 48.6 Å². The molecule has 4 rings (SSSR count). The minimum atomic E-state index is -0.135. The molecular formula is C25H28ClN5OS. The highest BCUT2D eigenvalue weighted by molar-refractivity contribution is 7.80. The van der Waals surface area contributed by atoms with Crippen LogP contribution in [0.5, 0.6) is 0 Å². The number of aryl methyl sites for hydroxylation is 1. The van der Waals surface area contributed by atoms with Gasteiger partial charge in [0.1, 0.15) is 0 Å². The van der Waals surface area contributed by atoms with Gasteiger partial charge in [-0.25, -0.2) is 0 Å². The lowest BCUT2D eigenvalue weighted by atomic mass is 9.96. The molecule has 1 aromatic carbocycles. The number of carbonyl (C=O) groups excluding carboxylic acids is 1. The Morgan fingerprint density at radius 1 is 1.21 bits per heavy atom. The number of hydrogen-bond donors (Lipinski definition) is 2. The van der Waals surface area contributed by atoms with Crippen molar-refractivity contribution in [2.45, 2.75) is 39.8 Å². The molecule has 1 fully saturated rings. The first-order valence-corrected chi connectivity index (χ1v) is 11.7. The maximum atomic E-state index is 12.1. The summed E-state index contributed by atoms with van der Waals surface area (Å²) in [6.45, 7) is 7.91. The van der Waals surface area contributed by atoms with Crippen LogP contribution in [-0.2, 0) is 11.8 Å². The highest BCUT2D eigenvalue weighted by Crippen LogP contribution is 2.44. The van der Waals surface area contributed by atoms with E-state index < -0.39 is 0 Å². The summed E-state index contributed by atoms with van der Waals surface area (Å²) in [7, 11) is 2.07. The number of anilines is 2. The predicted octanol–water partition coefficient (Wildman–Crippen LogP) is 5.46. The summed E-state index contributed by atoms with van der Waals surface area (Å²) >= 11 is 12.4. The third-order valence-corrected chi connectivity index (χ3v) is 6.87. The van der Waals surface area contributed by atoms with Crippen LogP contribution in [0.3, 0.4) is 0 Å². The molecule has 2 aromatic heterocycles. The van der Waals surface area contributed by atoms with Crippen LogP contribution in [0.25, 0.3) is 0 Å². The summed E-state index contributed by atoms with van der Waals surface area (Å²) in [6.07, 6.45) is 1.80. The second kappa shape index (κ2) is 9.15. The number of amides is 1. The van der Waals surface area contributed by atoms with E-state index in [1.165, 1.54) is 17.0 Å². The van der Waals surface area contributed by atoms with Crippen molar-refractivity contribution in [2.75, 3.05) is 10.2 Å². The van der Waals surface area contributed by atoms with Gasteiger partial charge in [0.2, 0.25) is 5.91 Å². The summed E-state index contributed by atoms with van der Waals surface area (Å²) in [4.78, 5) is 18.8. The predicted molar refractivity (Wildman–Crippen MR) is 138 cm³/mol. The summed E-state index contributed by atoms with van der Waals surface area (Å²) in [6, 6.07) is 13.5. The van der Waals surface area contributed by atoms with Crippen molar-refractivity contribution in [3.63, 3.8) is 0 Å². The third kappa shape index (κ3) is 4.35. The van der Waals surface area contributed by atoms with Gasteiger partial charge in [0.15, 0.2) is 5.11 Å². The lowest BCUT2D eigenvalue weighted by Gasteiger charge is -2.28. The van der Waals surface area contributed by atoms with Gasteiger partial charge in [-0.05, 0) is 68.0 Å². The molecule has 2 atom stereocenters. The number of nitrogens with zero attached hydrogens (tertiary/aromatic N) is 3. The van der Waals surface area contributed by atoms with Gasteiger partial charge in [0.05, 0.1) is 28.5 Å². The molecule has 1 aliphatic rings. The normalized spacial score (nSPS) is 18.0. The van der Waals surface area contributed by atoms with Crippen molar-refractivity contribution in [1.82, 2.24) is 14.9 Å².